The number of benzene rings is 1. The van der Waals surface area contributed by atoms with Crippen molar-refractivity contribution < 1.29 is 14.7 Å². The molecule has 0 saturated carbocycles. The maximum atomic E-state index is 12.4. The summed E-state index contributed by atoms with van der Waals surface area (Å²) < 4.78 is 0. The Morgan fingerprint density at radius 1 is 1.33 bits per heavy atom. The number of carbonyl (C=O) groups excluding carboxylic acids is 1. The summed E-state index contributed by atoms with van der Waals surface area (Å²) >= 11 is 6.10. The molecule has 0 aliphatic carbocycles. The number of piperidine rings is 1. The van der Waals surface area contributed by atoms with Crippen LogP contribution < -0.4 is 0 Å². The first-order chi connectivity index (χ1) is 12.9. The summed E-state index contributed by atoms with van der Waals surface area (Å²) in [6.07, 6.45) is 4.21. The maximum absolute atomic E-state index is 12.4. The lowest BCUT2D eigenvalue weighted by Gasteiger charge is -2.29. The first-order valence-electron chi connectivity index (χ1n) is 8.65. The predicted octanol–water partition coefficient (Wildman–Crippen LogP) is 2.02. The summed E-state index contributed by atoms with van der Waals surface area (Å²) in [6.45, 7) is 3.05. The second-order valence-corrected chi connectivity index (χ2v) is 6.92. The summed E-state index contributed by atoms with van der Waals surface area (Å²) in [6, 6.07) is 5.40. The normalized spacial score (nSPS) is 15.4. The SMILES string of the molecule is Cc1nnn(Cc2cc(Cl)ccc2C=CC(=O)N2CCC(C(=O)O)CC2)n1. The minimum atomic E-state index is -0.791. The van der Waals surface area contributed by atoms with Crippen molar-refractivity contribution in [1.82, 2.24) is 25.1 Å². The first-order valence-corrected chi connectivity index (χ1v) is 9.03. The third kappa shape index (κ3) is 4.91. The smallest absolute Gasteiger partial charge is 0.306 e. The van der Waals surface area contributed by atoms with Crippen molar-refractivity contribution in [1.29, 1.82) is 0 Å². The Morgan fingerprint density at radius 2 is 2.07 bits per heavy atom. The molecule has 2 aromatic rings. The fourth-order valence-corrected chi connectivity index (χ4v) is 3.22. The van der Waals surface area contributed by atoms with Crippen LogP contribution in [0.4, 0.5) is 0 Å². The molecule has 1 fully saturated rings. The van der Waals surface area contributed by atoms with E-state index in [9.17, 15) is 9.59 Å². The Kier molecular flexibility index (Phi) is 5.85. The van der Waals surface area contributed by atoms with E-state index < -0.39 is 5.97 Å². The summed E-state index contributed by atoms with van der Waals surface area (Å²) in [5.74, 6) is -0.705. The van der Waals surface area contributed by atoms with Crippen molar-refractivity contribution in [2.45, 2.75) is 26.3 Å². The van der Waals surface area contributed by atoms with E-state index in [1.54, 1.807) is 24.0 Å². The minimum Gasteiger partial charge on any atom is -0.481 e. The van der Waals surface area contributed by atoms with Crippen LogP contribution in [0.15, 0.2) is 24.3 Å². The molecule has 9 heteroatoms. The molecule has 3 rings (SSSR count). The van der Waals surface area contributed by atoms with E-state index in [4.69, 9.17) is 16.7 Å². The van der Waals surface area contributed by atoms with E-state index in [-0.39, 0.29) is 11.8 Å². The van der Waals surface area contributed by atoms with Crippen molar-refractivity contribution in [2.24, 2.45) is 5.92 Å². The van der Waals surface area contributed by atoms with Gasteiger partial charge in [0.15, 0.2) is 5.82 Å². The van der Waals surface area contributed by atoms with Crippen molar-refractivity contribution in [2.75, 3.05) is 13.1 Å². The zero-order chi connectivity index (χ0) is 19.4. The highest BCUT2D eigenvalue weighted by atomic mass is 35.5. The molecule has 1 aromatic carbocycles. The maximum Gasteiger partial charge on any atom is 0.306 e. The highest BCUT2D eigenvalue weighted by Gasteiger charge is 2.26. The van der Waals surface area contributed by atoms with Gasteiger partial charge in [-0.05, 0) is 54.3 Å². The van der Waals surface area contributed by atoms with Gasteiger partial charge in [0.2, 0.25) is 5.91 Å². The average molecular weight is 390 g/mol. The van der Waals surface area contributed by atoms with Crippen LogP contribution in [-0.2, 0) is 16.1 Å². The van der Waals surface area contributed by atoms with E-state index in [0.717, 1.165) is 11.1 Å². The van der Waals surface area contributed by atoms with Gasteiger partial charge < -0.3 is 10.0 Å². The summed E-state index contributed by atoms with van der Waals surface area (Å²) in [7, 11) is 0. The zero-order valence-electron chi connectivity index (χ0n) is 14.9. The number of aliphatic carboxylic acids is 1. The predicted molar refractivity (Wildman–Crippen MR) is 99.1 cm³/mol. The number of halogens is 1. The number of amides is 1. The van der Waals surface area contributed by atoms with Crippen molar-refractivity contribution >= 4 is 29.6 Å². The number of carboxylic acid groups (broad SMARTS) is 1. The van der Waals surface area contributed by atoms with E-state index in [1.165, 1.54) is 10.9 Å². The molecule has 0 bridgehead atoms. The topological polar surface area (TPSA) is 101 Å². The molecule has 0 spiro atoms. The van der Waals surface area contributed by atoms with Gasteiger partial charge in [0.05, 0.1) is 12.5 Å². The minimum absolute atomic E-state index is 0.130. The van der Waals surface area contributed by atoms with Gasteiger partial charge in [-0.25, -0.2) is 0 Å². The number of aryl methyl sites for hydroxylation is 1. The number of hydrogen-bond acceptors (Lipinski definition) is 5. The molecule has 142 valence electrons. The van der Waals surface area contributed by atoms with Gasteiger partial charge in [-0.1, -0.05) is 17.7 Å². The van der Waals surface area contributed by atoms with Gasteiger partial charge in [0.1, 0.15) is 0 Å². The van der Waals surface area contributed by atoms with Crippen molar-refractivity contribution in [3.8, 4) is 0 Å². The second kappa shape index (κ2) is 8.30. The van der Waals surface area contributed by atoms with Gasteiger partial charge in [0, 0.05) is 24.2 Å². The van der Waals surface area contributed by atoms with Crippen LogP contribution >= 0.6 is 11.6 Å². The highest BCUT2D eigenvalue weighted by molar-refractivity contribution is 6.30. The molecule has 0 radical (unpaired) electrons. The van der Waals surface area contributed by atoms with Gasteiger partial charge in [-0.15, -0.1) is 10.2 Å². The molecule has 8 nitrogen and oxygen atoms in total. The van der Waals surface area contributed by atoms with Crippen LogP contribution in [-0.4, -0.2) is 55.2 Å². The van der Waals surface area contributed by atoms with E-state index in [0.29, 0.717) is 43.3 Å². The highest BCUT2D eigenvalue weighted by Crippen LogP contribution is 2.20. The molecule has 27 heavy (non-hydrogen) atoms. The van der Waals surface area contributed by atoms with Crippen LogP contribution in [0.3, 0.4) is 0 Å². The Balaban J connectivity index is 1.69. The van der Waals surface area contributed by atoms with Crippen LogP contribution in [0.2, 0.25) is 5.02 Å². The number of rotatable bonds is 5. The summed E-state index contributed by atoms with van der Waals surface area (Å²) in [4.78, 5) is 26.6. The molecule has 0 unspecified atom stereocenters. The lowest BCUT2D eigenvalue weighted by Crippen LogP contribution is -2.39. The van der Waals surface area contributed by atoms with Crippen LogP contribution in [0.25, 0.3) is 6.08 Å². The quantitative estimate of drug-likeness (QED) is 0.785. The number of tetrazole rings is 1. The van der Waals surface area contributed by atoms with Crippen LogP contribution in [0, 0.1) is 12.8 Å². The third-order valence-electron chi connectivity index (χ3n) is 4.53. The number of carboxylic acids is 1. The Hall–Kier alpha value is -2.74. The number of hydrogen-bond donors (Lipinski definition) is 1. The van der Waals surface area contributed by atoms with Gasteiger partial charge in [-0.3, -0.25) is 9.59 Å². The molecule has 1 N–H and O–H groups in total. The zero-order valence-corrected chi connectivity index (χ0v) is 15.6. The number of likely N-dealkylation sites (tertiary alicyclic amines) is 1. The molecule has 1 amide bonds. The average Bonchev–Trinajstić information content (AvgIpc) is 3.05. The molecular weight excluding hydrogens is 370 g/mol. The third-order valence-corrected chi connectivity index (χ3v) is 4.77. The fraction of sp³-hybridized carbons (Fsp3) is 0.389. The van der Waals surface area contributed by atoms with Crippen LogP contribution in [0.1, 0.15) is 29.8 Å². The lowest BCUT2D eigenvalue weighted by molar-refractivity contribution is -0.144. The molecule has 1 saturated heterocycles. The second-order valence-electron chi connectivity index (χ2n) is 6.48. The Morgan fingerprint density at radius 3 is 2.70 bits per heavy atom. The first kappa shape index (κ1) is 19.0. The number of carbonyl (C=O) groups is 2. The van der Waals surface area contributed by atoms with Gasteiger partial charge in [-0.2, -0.15) is 4.80 Å². The largest absolute Gasteiger partial charge is 0.481 e. The monoisotopic (exact) mass is 389 g/mol. The fourth-order valence-electron chi connectivity index (χ4n) is 3.03. The number of nitrogens with zero attached hydrogens (tertiary/aromatic N) is 5. The van der Waals surface area contributed by atoms with E-state index in [1.807, 2.05) is 12.1 Å². The van der Waals surface area contributed by atoms with Gasteiger partial charge in [0.25, 0.3) is 0 Å². The molecule has 1 aromatic heterocycles. The summed E-state index contributed by atoms with van der Waals surface area (Å²) in [5, 5.41) is 21.6. The molecule has 2 heterocycles. The van der Waals surface area contributed by atoms with Gasteiger partial charge >= 0.3 is 5.97 Å². The molecule has 1 aliphatic rings. The van der Waals surface area contributed by atoms with E-state index >= 15 is 0 Å². The van der Waals surface area contributed by atoms with Crippen molar-refractivity contribution in [3.63, 3.8) is 0 Å². The Labute approximate surface area is 161 Å². The standard InChI is InChI=1S/C18H20ClN5O3/c1-12-20-22-24(21-12)11-15-10-16(19)4-2-13(15)3-5-17(25)23-8-6-14(7-9-23)18(26)27/h2-5,10,14H,6-9,11H2,1H3,(H,26,27). The lowest BCUT2D eigenvalue weighted by atomic mass is 9.97. The van der Waals surface area contributed by atoms with Crippen LogP contribution in [0.5, 0.6) is 0 Å². The molecular formula is C18H20ClN5O3. The Bertz CT molecular complexity index is 872. The summed E-state index contributed by atoms with van der Waals surface area (Å²) in [5.41, 5.74) is 1.71. The molecule has 1 aliphatic heterocycles. The van der Waals surface area contributed by atoms with Crippen molar-refractivity contribution in [3.05, 3.63) is 46.2 Å². The molecule has 0 atom stereocenters. The number of aromatic nitrogens is 4. The van der Waals surface area contributed by atoms with E-state index in [2.05, 4.69) is 15.4 Å².